The highest BCUT2D eigenvalue weighted by Gasteiger charge is 2.42. The first kappa shape index (κ1) is 21.6. The van der Waals surface area contributed by atoms with Crippen molar-refractivity contribution in [1.29, 1.82) is 0 Å². The molecule has 1 atom stereocenters. The standard InChI is InChI=1S/C26H31N3O4/c1-17-8-11-27(12-9-17)24(30)16-29-21-7-5-4-6-19(21)25-20-15-23(33-3)22(32-2)14-18(20)10-13-28(25)26(29)31/h4-7,14-15,17,25H,8-13,16H2,1-3H3. The third-order valence-electron chi connectivity index (χ3n) is 7.30. The number of carbonyl (C=O) groups excluding carboxylic acids is 2. The molecule has 7 nitrogen and oxygen atoms in total. The Kier molecular flexibility index (Phi) is 5.64. The number of urea groups is 1. The van der Waals surface area contributed by atoms with Crippen molar-refractivity contribution in [3.8, 4) is 11.5 Å². The van der Waals surface area contributed by atoms with Crippen LogP contribution in [0.1, 0.15) is 42.5 Å². The Morgan fingerprint density at radius 3 is 2.42 bits per heavy atom. The van der Waals surface area contributed by atoms with Crippen LogP contribution >= 0.6 is 0 Å². The molecule has 7 heteroatoms. The van der Waals surface area contributed by atoms with Crippen LogP contribution in [-0.4, -0.2) is 62.1 Å². The number of benzene rings is 2. The monoisotopic (exact) mass is 449 g/mol. The second-order valence-electron chi connectivity index (χ2n) is 9.24. The number of piperidine rings is 1. The van der Waals surface area contributed by atoms with E-state index in [-0.39, 0.29) is 24.5 Å². The predicted octanol–water partition coefficient (Wildman–Crippen LogP) is 3.85. The molecule has 0 N–H and O–H groups in total. The van der Waals surface area contributed by atoms with Gasteiger partial charge in [-0.15, -0.1) is 0 Å². The Hall–Kier alpha value is -3.22. The largest absolute Gasteiger partial charge is 0.493 e. The molecule has 3 aliphatic heterocycles. The molecule has 0 bridgehead atoms. The number of methoxy groups -OCH3 is 2. The van der Waals surface area contributed by atoms with Crippen molar-refractivity contribution in [3.63, 3.8) is 0 Å². The zero-order chi connectivity index (χ0) is 23.1. The number of ether oxygens (including phenoxy) is 2. The summed E-state index contributed by atoms with van der Waals surface area (Å²) in [6.07, 6.45) is 2.77. The molecule has 3 heterocycles. The van der Waals surface area contributed by atoms with Crippen molar-refractivity contribution in [3.05, 3.63) is 53.1 Å². The highest BCUT2D eigenvalue weighted by atomic mass is 16.5. The van der Waals surface area contributed by atoms with Crippen LogP contribution in [0, 0.1) is 5.92 Å². The van der Waals surface area contributed by atoms with Gasteiger partial charge in [0.05, 0.1) is 25.9 Å². The molecule has 0 aromatic heterocycles. The Balaban J connectivity index is 1.51. The first-order valence-electron chi connectivity index (χ1n) is 11.7. The van der Waals surface area contributed by atoms with E-state index in [0.717, 1.165) is 54.7 Å². The number of nitrogens with zero attached hydrogens (tertiary/aromatic N) is 3. The number of amides is 3. The third kappa shape index (κ3) is 3.69. The van der Waals surface area contributed by atoms with Crippen LogP contribution in [-0.2, 0) is 11.2 Å². The van der Waals surface area contributed by atoms with Crippen LogP contribution < -0.4 is 14.4 Å². The van der Waals surface area contributed by atoms with Gasteiger partial charge in [-0.05, 0) is 54.5 Å². The van der Waals surface area contributed by atoms with E-state index >= 15 is 0 Å². The number of hydrogen-bond donors (Lipinski definition) is 0. The third-order valence-corrected chi connectivity index (χ3v) is 7.30. The minimum Gasteiger partial charge on any atom is -0.493 e. The van der Waals surface area contributed by atoms with Crippen molar-refractivity contribution in [2.75, 3.05) is 45.3 Å². The lowest BCUT2D eigenvalue weighted by Crippen LogP contribution is -2.55. The first-order valence-corrected chi connectivity index (χ1v) is 11.7. The van der Waals surface area contributed by atoms with Gasteiger partial charge in [0.1, 0.15) is 6.54 Å². The van der Waals surface area contributed by atoms with Crippen molar-refractivity contribution in [2.24, 2.45) is 5.92 Å². The van der Waals surface area contributed by atoms with Gasteiger partial charge in [0.2, 0.25) is 5.91 Å². The van der Waals surface area contributed by atoms with Crippen LogP contribution in [0.2, 0.25) is 0 Å². The van der Waals surface area contributed by atoms with Crippen molar-refractivity contribution < 1.29 is 19.1 Å². The lowest BCUT2D eigenvalue weighted by atomic mass is 9.85. The summed E-state index contributed by atoms with van der Waals surface area (Å²) in [5, 5.41) is 0. The van der Waals surface area contributed by atoms with Crippen LogP contribution in [0.4, 0.5) is 10.5 Å². The molecule has 1 saturated heterocycles. The minimum absolute atomic E-state index is 0.0207. The Bertz CT molecular complexity index is 1080. The van der Waals surface area contributed by atoms with Gasteiger partial charge in [-0.1, -0.05) is 25.1 Å². The molecule has 2 aromatic rings. The molecule has 0 aliphatic carbocycles. The molecule has 3 amide bonds. The molecule has 1 fully saturated rings. The molecule has 3 aliphatic rings. The maximum absolute atomic E-state index is 13.7. The highest BCUT2D eigenvalue weighted by molar-refractivity contribution is 6.01. The number of carbonyl (C=O) groups is 2. The summed E-state index contributed by atoms with van der Waals surface area (Å²) >= 11 is 0. The van der Waals surface area contributed by atoms with E-state index in [1.165, 1.54) is 0 Å². The Morgan fingerprint density at radius 2 is 1.70 bits per heavy atom. The van der Waals surface area contributed by atoms with E-state index in [2.05, 4.69) is 13.0 Å². The number of rotatable bonds is 4. The lowest BCUT2D eigenvalue weighted by Gasteiger charge is -2.46. The van der Waals surface area contributed by atoms with Crippen LogP contribution in [0.5, 0.6) is 11.5 Å². The van der Waals surface area contributed by atoms with Crippen molar-refractivity contribution in [2.45, 2.75) is 32.2 Å². The van der Waals surface area contributed by atoms with Gasteiger partial charge in [0.25, 0.3) is 0 Å². The summed E-state index contributed by atoms with van der Waals surface area (Å²) < 4.78 is 11.1. The van der Waals surface area contributed by atoms with Crippen molar-refractivity contribution >= 4 is 17.6 Å². The summed E-state index contributed by atoms with van der Waals surface area (Å²) in [6, 6.07) is 11.6. The Morgan fingerprint density at radius 1 is 1.00 bits per heavy atom. The molecule has 33 heavy (non-hydrogen) atoms. The van der Waals surface area contributed by atoms with Crippen molar-refractivity contribution in [1.82, 2.24) is 9.80 Å². The molecule has 0 radical (unpaired) electrons. The fraction of sp³-hybridized carbons (Fsp3) is 0.462. The topological polar surface area (TPSA) is 62.3 Å². The smallest absolute Gasteiger partial charge is 0.325 e. The van der Waals surface area contributed by atoms with Gasteiger partial charge >= 0.3 is 6.03 Å². The first-order chi connectivity index (χ1) is 16.0. The second kappa shape index (κ2) is 8.61. The number of para-hydroxylation sites is 1. The average molecular weight is 450 g/mol. The number of fused-ring (bicyclic) bond motifs is 5. The van der Waals surface area contributed by atoms with E-state index < -0.39 is 0 Å². The summed E-state index contributed by atoms with van der Waals surface area (Å²) in [6.45, 7) is 4.43. The predicted molar refractivity (Wildman–Crippen MR) is 126 cm³/mol. The molecule has 5 rings (SSSR count). The van der Waals surface area contributed by atoms with Crippen LogP contribution in [0.3, 0.4) is 0 Å². The number of anilines is 1. The van der Waals surface area contributed by atoms with Gasteiger partial charge in [-0.25, -0.2) is 4.79 Å². The second-order valence-corrected chi connectivity index (χ2v) is 9.24. The molecule has 1 unspecified atom stereocenters. The number of likely N-dealkylation sites (tertiary alicyclic amines) is 1. The normalized spacial score (nSPS) is 20.2. The zero-order valence-electron chi connectivity index (χ0n) is 19.5. The number of hydrogen-bond acceptors (Lipinski definition) is 4. The lowest BCUT2D eigenvalue weighted by molar-refractivity contribution is -0.130. The van der Waals surface area contributed by atoms with E-state index in [1.54, 1.807) is 19.1 Å². The molecule has 2 aromatic carbocycles. The molecule has 174 valence electrons. The SMILES string of the molecule is COc1cc2c(cc1OC)C1c3ccccc3N(CC(=O)N3CCC(C)CC3)C(=O)N1CC2. The highest BCUT2D eigenvalue weighted by Crippen LogP contribution is 2.46. The van der Waals surface area contributed by atoms with Gasteiger partial charge in [-0.3, -0.25) is 9.69 Å². The van der Waals surface area contributed by atoms with Crippen LogP contribution in [0.15, 0.2) is 36.4 Å². The van der Waals surface area contributed by atoms with Gasteiger partial charge in [-0.2, -0.15) is 0 Å². The Labute approximate surface area is 194 Å². The summed E-state index contributed by atoms with van der Waals surface area (Å²) in [5.74, 6) is 2.02. The van der Waals surface area contributed by atoms with E-state index in [9.17, 15) is 9.59 Å². The minimum atomic E-state index is -0.209. The van der Waals surface area contributed by atoms with Crippen LogP contribution in [0.25, 0.3) is 0 Å². The molecular formula is C26H31N3O4. The molecule has 0 saturated carbocycles. The zero-order valence-corrected chi connectivity index (χ0v) is 19.5. The average Bonchev–Trinajstić information content (AvgIpc) is 2.85. The van der Waals surface area contributed by atoms with Gasteiger partial charge < -0.3 is 19.3 Å². The fourth-order valence-electron chi connectivity index (χ4n) is 5.36. The van der Waals surface area contributed by atoms with Gasteiger partial charge in [0.15, 0.2) is 11.5 Å². The van der Waals surface area contributed by atoms with Gasteiger partial charge in [0, 0.05) is 25.2 Å². The quantitative estimate of drug-likeness (QED) is 0.711. The maximum Gasteiger partial charge on any atom is 0.325 e. The van der Waals surface area contributed by atoms with E-state index in [4.69, 9.17) is 9.47 Å². The summed E-state index contributed by atoms with van der Waals surface area (Å²) in [5.41, 5.74) is 4.05. The van der Waals surface area contributed by atoms with E-state index in [0.29, 0.717) is 24.0 Å². The fourth-order valence-corrected chi connectivity index (χ4v) is 5.36. The summed E-state index contributed by atoms with van der Waals surface area (Å²) in [7, 11) is 3.26. The molecular weight excluding hydrogens is 418 g/mol. The summed E-state index contributed by atoms with van der Waals surface area (Å²) in [4.78, 5) is 32.3. The molecule has 0 spiro atoms. The van der Waals surface area contributed by atoms with E-state index in [1.807, 2.05) is 40.1 Å². The maximum atomic E-state index is 13.7.